The number of methoxy groups -OCH3 is 1. The molecule has 0 spiro atoms. The Bertz CT molecular complexity index is 558. The molecule has 1 aromatic carbocycles. The second-order valence-electron chi connectivity index (χ2n) is 4.13. The van der Waals surface area contributed by atoms with Crippen molar-refractivity contribution in [1.29, 1.82) is 0 Å². The quantitative estimate of drug-likeness (QED) is 0.562. The number of aromatic nitrogens is 2. The van der Waals surface area contributed by atoms with Crippen LogP contribution in [0.2, 0.25) is 0 Å². The molecule has 6 heteroatoms. The molecule has 0 radical (unpaired) electrons. The molecule has 100 valence electrons. The Morgan fingerprint density at radius 2 is 2.21 bits per heavy atom. The van der Waals surface area contributed by atoms with Gasteiger partial charge < -0.3 is 10.1 Å². The van der Waals surface area contributed by atoms with Crippen LogP contribution in [-0.4, -0.2) is 17.1 Å². The minimum atomic E-state index is 0.376. The summed E-state index contributed by atoms with van der Waals surface area (Å²) in [4.78, 5) is 8.31. The molecule has 0 atom stereocenters. The van der Waals surface area contributed by atoms with Crippen LogP contribution in [-0.2, 0) is 11.3 Å². The molecule has 0 aliphatic rings. The van der Waals surface area contributed by atoms with Crippen molar-refractivity contribution in [3.8, 4) is 0 Å². The zero-order valence-electron chi connectivity index (χ0n) is 11.0. The highest BCUT2D eigenvalue weighted by molar-refractivity contribution is 5.60. The molecule has 0 fully saturated rings. The van der Waals surface area contributed by atoms with Crippen LogP contribution >= 0.6 is 0 Å². The smallest absolute Gasteiger partial charge is 0.239 e. The number of rotatable bonds is 5. The largest absolute Gasteiger partial charge is 0.380 e. The molecular weight excluding hydrogens is 242 g/mol. The van der Waals surface area contributed by atoms with Crippen LogP contribution in [0.3, 0.4) is 0 Å². The van der Waals surface area contributed by atoms with Gasteiger partial charge in [-0.15, -0.1) is 0 Å². The lowest BCUT2D eigenvalue weighted by Crippen LogP contribution is -2.11. The maximum atomic E-state index is 5.31. The summed E-state index contributed by atoms with van der Waals surface area (Å²) < 4.78 is 5.11. The lowest BCUT2D eigenvalue weighted by molar-refractivity contribution is 0.185. The van der Waals surface area contributed by atoms with Crippen molar-refractivity contribution in [2.45, 2.75) is 13.5 Å². The van der Waals surface area contributed by atoms with Gasteiger partial charge >= 0.3 is 0 Å². The Hall–Kier alpha value is -2.18. The van der Waals surface area contributed by atoms with Crippen LogP contribution in [0.15, 0.2) is 30.5 Å². The zero-order valence-corrected chi connectivity index (χ0v) is 11.0. The molecule has 0 saturated carbocycles. The molecule has 0 saturated heterocycles. The van der Waals surface area contributed by atoms with Crippen molar-refractivity contribution in [2.75, 3.05) is 17.9 Å². The maximum Gasteiger partial charge on any atom is 0.239 e. The molecule has 4 N–H and O–H groups in total. The Labute approximate surface area is 112 Å². The average Bonchev–Trinajstić information content (AvgIpc) is 2.42. The number of anilines is 3. The lowest BCUT2D eigenvalue weighted by atomic mass is 10.2. The summed E-state index contributed by atoms with van der Waals surface area (Å²) in [6.45, 7) is 2.51. The van der Waals surface area contributed by atoms with Gasteiger partial charge in [0.15, 0.2) is 0 Å². The van der Waals surface area contributed by atoms with Gasteiger partial charge in [0.2, 0.25) is 5.95 Å². The Balaban J connectivity index is 2.22. The molecule has 6 nitrogen and oxygen atoms in total. The second-order valence-corrected chi connectivity index (χ2v) is 4.13. The van der Waals surface area contributed by atoms with E-state index in [1.165, 1.54) is 0 Å². The molecule has 0 unspecified atom stereocenters. The number of ether oxygens (including phenoxy) is 1. The Morgan fingerprint density at radius 3 is 2.95 bits per heavy atom. The van der Waals surface area contributed by atoms with Crippen molar-refractivity contribution in [3.63, 3.8) is 0 Å². The van der Waals surface area contributed by atoms with Crippen molar-refractivity contribution in [3.05, 3.63) is 41.6 Å². The predicted molar refractivity (Wildman–Crippen MR) is 75.0 cm³/mol. The summed E-state index contributed by atoms with van der Waals surface area (Å²) >= 11 is 0. The number of aryl methyl sites for hydroxylation is 1. The highest BCUT2D eigenvalue weighted by atomic mass is 16.5. The summed E-state index contributed by atoms with van der Waals surface area (Å²) in [5, 5.41) is 3.24. The standard InChI is InChI=1S/C13H17N5O/c1-9-7-15-13(18-14)17-12(9)16-11-5-3-4-10(6-11)8-19-2/h3-7H,8,14H2,1-2H3,(H2,15,16,17,18). The number of nitrogen functional groups attached to an aromatic ring is 1. The van der Waals surface area contributed by atoms with E-state index in [-0.39, 0.29) is 0 Å². The van der Waals surface area contributed by atoms with E-state index in [9.17, 15) is 0 Å². The number of hydrogen-bond acceptors (Lipinski definition) is 6. The topological polar surface area (TPSA) is 85.1 Å². The van der Waals surface area contributed by atoms with E-state index >= 15 is 0 Å². The van der Waals surface area contributed by atoms with Gasteiger partial charge in [-0.05, 0) is 24.6 Å². The summed E-state index contributed by atoms with van der Waals surface area (Å²) in [6, 6.07) is 7.96. The first-order chi connectivity index (χ1) is 9.22. The first-order valence-corrected chi connectivity index (χ1v) is 5.88. The van der Waals surface area contributed by atoms with Crippen LogP contribution in [0.1, 0.15) is 11.1 Å². The molecule has 2 rings (SSSR count). The van der Waals surface area contributed by atoms with E-state index in [2.05, 4.69) is 20.7 Å². The van der Waals surface area contributed by atoms with E-state index < -0.39 is 0 Å². The molecule has 1 aromatic heterocycles. The van der Waals surface area contributed by atoms with E-state index in [0.29, 0.717) is 12.6 Å². The van der Waals surface area contributed by atoms with Crippen molar-refractivity contribution < 1.29 is 4.74 Å². The first-order valence-electron chi connectivity index (χ1n) is 5.88. The molecule has 0 bridgehead atoms. The van der Waals surface area contributed by atoms with Gasteiger partial charge in [0, 0.05) is 24.6 Å². The predicted octanol–water partition coefficient (Wildman–Crippen LogP) is 1.96. The monoisotopic (exact) mass is 259 g/mol. The van der Waals surface area contributed by atoms with Gasteiger partial charge in [-0.1, -0.05) is 12.1 Å². The molecule has 0 aliphatic heterocycles. The van der Waals surface area contributed by atoms with Gasteiger partial charge in [0.25, 0.3) is 0 Å². The van der Waals surface area contributed by atoms with Crippen LogP contribution in [0, 0.1) is 6.92 Å². The Kier molecular flexibility index (Phi) is 4.27. The third-order valence-electron chi connectivity index (χ3n) is 2.60. The van der Waals surface area contributed by atoms with Crippen LogP contribution in [0.4, 0.5) is 17.5 Å². The molecular formula is C13H17N5O. The van der Waals surface area contributed by atoms with Gasteiger partial charge in [-0.25, -0.2) is 10.8 Å². The number of nitrogens with one attached hydrogen (secondary N) is 2. The molecule has 0 amide bonds. The van der Waals surface area contributed by atoms with Crippen molar-refractivity contribution in [2.24, 2.45) is 5.84 Å². The van der Waals surface area contributed by atoms with E-state index in [1.54, 1.807) is 13.3 Å². The average molecular weight is 259 g/mol. The van der Waals surface area contributed by atoms with Crippen LogP contribution in [0.25, 0.3) is 0 Å². The van der Waals surface area contributed by atoms with Crippen LogP contribution in [0.5, 0.6) is 0 Å². The normalized spacial score (nSPS) is 10.3. The van der Waals surface area contributed by atoms with Gasteiger partial charge in [-0.3, -0.25) is 5.43 Å². The lowest BCUT2D eigenvalue weighted by Gasteiger charge is -2.10. The zero-order chi connectivity index (χ0) is 13.7. The number of nitrogens with zero attached hydrogens (tertiary/aromatic N) is 2. The summed E-state index contributed by atoms with van der Waals surface area (Å²) in [5.41, 5.74) is 5.41. The van der Waals surface area contributed by atoms with Crippen molar-refractivity contribution in [1.82, 2.24) is 9.97 Å². The highest BCUT2D eigenvalue weighted by Crippen LogP contribution is 2.20. The third-order valence-corrected chi connectivity index (χ3v) is 2.60. The summed E-state index contributed by atoms with van der Waals surface area (Å²) in [5.74, 6) is 6.40. The van der Waals surface area contributed by atoms with Crippen molar-refractivity contribution >= 4 is 17.5 Å². The number of benzene rings is 1. The first kappa shape index (κ1) is 13.3. The fourth-order valence-electron chi connectivity index (χ4n) is 1.68. The second kappa shape index (κ2) is 6.12. The maximum absolute atomic E-state index is 5.31. The van der Waals surface area contributed by atoms with Gasteiger partial charge in [0.1, 0.15) is 5.82 Å². The highest BCUT2D eigenvalue weighted by Gasteiger charge is 2.04. The SMILES string of the molecule is COCc1cccc(Nc2nc(NN)ncc2C)c1. The van der Waals surface area contributed by atoms with E-state index in [1.807, 2.05) is 31.2 Å². The van der Waals surface area contributed by atoms with Gasteiger partial charge in [0.05, 0.1) is 6.61 Å². The fraction of sp³-hybridized carbons (Fsp3) is 0.231. The minimum Gasteiger partial charge on any atom is -0.380 e. The Morgan fingerprint density at radius 1 is 1.37 bits per heavy atom. The van der Waals surface area contributed by atoms with Gasteiger partial charge in [-0.2, -0.15) is 4.98 Å². The summed E-state index contributed by atoms with van der Waals surface area (Å²) in [6.07, 6.45) is 1.71. The van der Waals surface area contributed by atoms with E-state index in [0.717, 1.165) is 22.6 Å². The molecule has 0 aliphatic carbocycles. The molecule has 2 aromatic rings. The molecule has 19 heavy (non-hydrogen) atoms. The molecule has 1 heterocycles. The number of hydrazine groups is 1. The van der Waals surface area contributed by atoms with Crippen LogP contribution < -0.4 is 16.6 Å². The number of nitrogens with two attached hydrogens (primary N) is 1. The summed E-state index contributed by atoms with van der Waals surface area (Å²) in [7, 11) is 1.67. The minimum absolute atomic E-state index is 0.376. The fourth-order valence-corrected chi connectivity index (χ4v) is 1.68. The third kappa shape index (κ3) is 3.40. The van der Waals surface area contributed by atoms with E-state index in [4.69, 9.17) is 10.6 Å². The number of hydrogen-bond donors (Lipinski definition) is 3.